The van der Waals surface area contributed by atoms with Crippen molar-refractivity contribution in [2.75, 3.05) is 6.54 Å². The molecular formula is C23H22N2O. The lowest BCUT2D eigenvalue weighted by molar-refractivity contribution is 0.461. The van der Waals surface area contributed by atoms with Crippen molar-refractivity contribution in [3.8, 4) is 0 Å². The van der Waals surface area contributed by atoms with Crippen LogP contribution in [-0.2, 0) is 6.54 Å². The van der Waals surface area contributed by atoms with Crippen molar-refractivity contribution in [2.24, 2.45) is 0 Å². The van der Waals surface area contributed by atoms with E-state index in [1.807, 2.05) is 12.1 Å². The van der Waals surface area contributed by atoms with E-state index >= 15 is 0 Å². The Morgan fingerprint density at radius 1 is 0.885 bits per heavy atom. The highest BCUT2D eigenvalue weighted by atomic mass is 16.3. The highest BCUT2D eigenvalue weighted by molar-refractivity contribution is 6.04. The number of fused-ring (bicyclic) bond motifs is 3. The molecule has 26 heavy (non-hydrogen) atoms. The Hall–Kier alpha value is -2.62. The summed E-state index contributed by atoms with van der Waals surface area (Å²) < 4.78 is 5.93. The van der Waals surface area contributed by atoms with Gasteiger partial charge in [-0.1, -0.05) is 54.6 Å². The lowest BCUT2D eigenvalue weighted by Gasteiger charge is -2.21. The monoisotopic (exact) mass is 342 g/mol. The maximum absolute atomic E-state index is 5.93. The minimum Gasteiger partial charge on any atom is -0.456 e. The van der Waals surface area contributed by atoms with Crippen molar-refractivity contribution in [1.29, 1.82) is 0 Å². The van der Waals surface area contributed by atoms with Crippen LogP contribution in [0, 0.1) is 0 Å². The largest absolute Gasteiger partial charge is 0.456 e. The van der Waals surface area contributed by atoms with Crippen molar-refractivity contribution in [2.45, 2.75) is 25.0 Å². The van der Waals surface area contributed by atoms with Gasteiger partial charge in [0.25, 0.3) is 0 Å². The van der Waals surface area contributed by atoms with Gasteiger partial charge in [0.15, 0.2) is 0 Å². The van der Waals surface area contributed by atoms with Gasteiger partial charge in [-0.15, -0.1) is 0 Å². The zero-order valence-corrected chi connectivity index (χ0v) is 14.6. The first-order valence-corrected chi connectivity index (χ1v) is 9.30. The number of furan rings is 1. The van der Waals surface area contributed by atoms with Gasteiger partial charge < -0.3 is 15.1 Å². The lowest BCUT2D eigenvalue weighted by atomic mass is 10.0. The topological polar surface area (TPSA) is 37.2 Å². The van der Waals surface area contributed by atoms with E-state index in [0.717, 1.165) is 30.7 Å². The van der Waals surface area contributed by atoms with E-state index in [1.165, 1.54) is 21.9 Å². The number of hydrogen-bond acceptors (Lipinski definition) is 3. The fourth-order valence-corrected chi connectivity index (χ4v) is 4.07. The van der Waals surface area contributed by atoms with Gasteiger partial charge in [-0.05, 0) is 42.3 Å². The van der Waals surface area contributed by atoms with Crippen LogP contribution in [-0.4, -0.2) is 12.6 Å². The number of rotatable bonds is 4. The normalized spacial score (nSPS) is 20.2. The van der Waals surface area contributed by atoms with E-state index in [0.29, 0.717) is 12.1 Å². The van der Waals surface area contributed by atoms with Gasteiger partial charge in [0.1, 0.15) is 11.2 Å². The Morgan fingerprint density at radius 3 is 2.62 bits per heavy atom. The Kier molecular flexibility index (Phi) is 3.96. The molecular weight excluding hydrogens is 320 g/mol. The van der Waals surface area contributed by atoms with Crippen LogP contribution < -0.4 is 10.6 Å². The molecule has 2 N–H and O–H groups in total. The van der Waals surface area contributed by atoms with Crippen LogP contribution in [0.2, 0.25) is 0 Å². The van der Waals surface area contributed by atoms with Gasteiger partial charge in [-0.2, -0.15) is 0 Å². The standard InChI is InChI=1S/C23H22N2O/c1-2-6-17(7-3-1)23-20(12-13-24-23)25-15-16-10-11-22-19(14-16)18-8-4-5-9-21(18)26-22/h1-11,14,20,23-25H,12-13,15H2. The van der Waals surface area contributed by atoms with Crippen LogP contribution in [0.5, 0.6) is 0 Å². The molecule has 0 radical (unpaired) electrons. The summed E-state index contributed by atoms with van der Waals surface area (Å²) in [5, 5.41) is 9.78. The molecule has 1 aromatic heterocycles. The van der Waals surface area contributed by atoms with Crippen molar-refractivity contribution in [3.63, 3.8) is 0 Å². The SMILES string of the molecule is c1ccc(C2NCCC2NCc2ccc3oc4ccccc4c3c2)cc1. The van der Waals surface area contributed by atoms with Gasteiger partial charge in [0.05, 0.1) is 0 Å². The highest BCUT2D eigenvalue weighted by Gasteiger charge is 2.27. The summed E-state index contributed by atoms with van der Waals surface area (Å²) in [6.07, 6.45) is 1.15. The van der Waals surface area contributed by atoms with E-state index in [-0.39, 0.29) is 0 Å². The molecule has 2 atom stereocenters. The number of para-hydroxylation sites is 1. The van der Waals surface area contributed by atoms with Crippen LogP contribution >= 0.6 is 0 Å². The maximum Gasteiger partial charge on any atom is 0.135 e. The van der Waals surface area contributed by atoms with Crippen molar-refractivity contribution in [1.82, 2.24) is 10.6 Å². The molecule has 0 amide bonds. The quantitative estimate of drug-likeness (QED) is 0.560. The Morgan fingerprint density at radius 2 is 1.69 bits per heavy atom. The predicted molar refractivity (Wildman–Crippen MR) is 106 cm³/mol. The number of benzene rings is 3. The summed E-state index contributed by atoms with van der Waals surface area (Å²) in [7, 11) is 0. The Bertz CT molecular complexity index is 1040. The second kappa shape index (κ2) is 6.60. The molecule has 0 saturated carbocycles. The first-order chi connectivity index (χ1) is 12.9. The van der Waals surface area contributed by atoms with Crippen molar-refractivity contribution < 1.29 is 4.42 Å². The third kappa shape index (κ3) is 2.79. The molecule has 2 heterocycles. The molecule has 3 heteroatoms. The number of nitrogens with one attached hydrogen (secondary N) is 2. The van der Waals surface area contributed by atoms with E-state index in [9.17, 15) is 0 Å². The second-order valence-corrected chi connectivity index (χ2v) is 7.05. The average molecular weight is 342 g/mol. The lowest BCUT2D eigenvalue weighted by Crippen LogP contribution is -2.33. The van der Waals surface area contributed by atoms with E-state index in [1.54, 1.807) is 0 Å². The third-order valence-corrected chi connectivity index (χ3v) is 5.39. The fraction of sp³-hybridized carbons (Fsp3) is 0.217. The van der Waals surface area contributed by atoms with Crippen LogP contribution in [0.3, 0.4) is 0 Å². The molecule has 0 bridgehead atoms. The number of hydrogen-bond donors (Lipinski definition) is 2. The molecule has 3 aromatic carbocycles. The fourth-order valence-electron chi connectivity index (χ4n) is 4.07. The van der Waals surface area contributed by atoms with Crippen LogP contribution in [0.1, 0.15) is 23.6 Å². The molecule has 1 aliphatic heterocycles. The summed E-state index contributed by atoms with van der Waals surface area (Å²) in [6, 6.07) is 26.3. The summed E-state index contributed by atoms with van der Waals surface area (Å²) in [5.41, 5.74) is 4.57. The van der Waals surface area contributed by atoms with E-state index < -0.39 is 0 Å². The molecule has 1 saturated heterocycles. The zero-order chi connectivity index (χ0) is 17.3. The summed E-state index contributed by atoms with van der Waals surface area (Å²) in [4.78, 5) is 0. The maximum atomic E-state index is 5.93. The van der Waals surface area contributed by atoms with E-state index in [2.05, 4.69) is 71.3 Å². The molecule has 5 rings (SSSR count). The second-order valence-electron chi connectivity index (χ2n) is 7.05. The minimum atomic E-state index is 0.384. The molecule has 3 nitrogen and oxygen atoms in total. The molecule has 0 spiro atoms. The van der Waals surface area contributed by atoms with E-state index in [4.69, 9.17) is 4.42 Å². The minimum absolute atomic E-state index is 0.384. The summed E-state index contributed by atoms with van der Waals surface area (Å²) >= 11 is 0. The highest BCUT2D eigenvalue weighted by Crippen LogP contribution is 2.29. The molecule has 1 aliphatic rings. The van der Waals surface area contributed by atoms with Crippen molar-refractivity contribution in [3.05, 3.63) is 83.9 Å². The van der Waals surface area contributed by atoms with Crippen molar-refractivity contribution >= 4 is 21.9 Å². The van der Waals surface area contributed by atoms with Gasteiger partial charge in [-0.3, -0.25) is 0 Å². The first kappa shape index (κ1) is 15.6. The Balaban J connectivity index is 1.37. The van der Waals surface area contributed by atoms with Crippen LogP contribution in [0.15, 0.2) is 77.2 Å². The molecule has 130 valence electrons. The van der Waals surface area contributed by atoms with Gasteiger partial charge in [0, 0.05) is 29.4 Å². The molecule has 0 aliphatic carbocycles. The molecule has 4 aromatic rings. The van der Waals surface area contributed by atoms with Gasteiger partial charge in [0.2, 0.25) is 0 Å². The Labute approximate surface area is 153 Å². The summed E-state index contributed by atoms with van der Waals surface area (Å²) in [6.45, 7) is 1.92. The van der Waals surface area contributed by atoms with Crippen LogP contribution in [0.25, 0.3) is 21.9 Å². The zero-order valence-electron chi connectivity index (χ0n) is 14.6. The average Bonchev–Trinajstić information content (AvgIpc) is 3.31. The third-order valence-electron chi connectivity index (χ3n) is 5.39. The van der Waals surface area contributed by atoms with Gasteiger partial charge >= 0.3 is 0 Å². The smallest absolute Gasteiger partial charge is 0.135 e. The molecule has 1 fully saturated rings. The van der Waals surface area contributed by atoms with Gasteiger partial charge in [-0.25, -0.2) is 0 Å². The van der Waals surface area contributed by atoms with Crippen LogP contribution in [0.4, 0.5) is 0 Å². The predicted octanol–water partition coefficient (Wildman–Crippen LogP) is 4.78. The molecule has 2 unspecified atom stereocenters. The first-order valence-electron chi connectivity index (χ1n) is 9.30. The summed E-state index contributed by atoms with van der Waals surface area (Å²) in [5.74, 6) is 0.